The van der Waals surface area contributed by atoms with Gasteiger partial charge >= 0.3 is 0 Å². The highest BCUT2D eigenvalue weighted by Crippen LogP contribution is 2.31. The van der Waals surface area contributed by atoms with Gasteiger partial charge in [-0.2, -0.15) is 0 Å². The first kappa shape index (κ1) is 20.9. The molecule has 3 heterocycles. The lowest BCUT2D eigenvalue weighted by Crippen LogP contribution is -2.48. The molecule has 1 saturated heterocycles. The van der Waals surface area contributed by atoms with Gasteiger partial charge < -0.3 is 14.7 Å². The monoisotopic (exact) mass is 413 g/mol. The van der Waals surface area contributed by atoms with Crippen molar-refractivity contribution in [2.24, 2.45) is 10.9 Å². The number of likely N-dealkylation sites (tertiary alicyclic amines) is 1. The summed E-state index contributed by atoms with van der Waals surface area (Å²) in [6.45, 7) is 13.8. The minimum atomic E-state index is 0.383. The van der Waals surface area contributed by atoms with Crippen LogP contribution in [0.5, 0.6) is 0 Å². The molecule has 1 aromatic heterocycles. The van der Waals surface area contributed by atoms with Gasteiger partial charge in [0.1, 0.15) is 0 Å². The Morgan fingerprint density at radius 3 is 2.61 bits per heavy atom. The molecule has 0 spiro atoms. The van der Waals surface area contributed by atoms with E-state index in [1.165, 1.54) is 11.4 Å². The van der Waals surface area contributed by atoms with Crippen LogP contribution in [0.3, 0.4) is 0 Å². The summed E-state index contributed by atoms with van der Waals surface area (Å²) in [7, 11) is 2.04. The van der Waals surface area contributed by atoms with Crippen LogP contribution in [0.2, 0.25) is 0 Å². The summed E-state index contributed by atoms with van der Waals surface area (Å²) >= 11 is 0. The minimum Gasteiger partial charge on any atom is -0.346 e. The van der Waals surface area contributed by atoms with E-state index in [9.17, 15) is 0 Å². The second kappa shape index (κ2) is 9.21. The number of aliphatic imine (C=N–C) groups is 1. The van der Waals surface area contributed by atoms with Gasteiger partial charge in [0.25, 0.3) is 0 Å². The van der Waals surface area contributed by atoms with Crippen LogP contribution < -0.4 is 4.90 Å². The number of anilines is 1. The van der Waals surface area contributed by atoms with E-state index in [1.54, 1.807) is 12.4 Å². The first-order valence-electron chi connectivity index (χ1n) is 11.0. The molecule has 0 radical (unpaired) electrons. The van der Waals surface area contributed by atoms with E-state index in [2.05, 4.69) is 70.1 Å². The van der Waals surface area contributed by atoms with Gasteiger partial charge in [-0.05, 0) is 50.1 Å². The Balaban J connectivity index is 1.56. The normalized spacial score (nSPS) is 19.0. The average Bonchev–Trinajstić information content (AvgIpc) is 2.82. The summed E-state index contributed by atoms with van der Waals surface area (Å²) in [5, 5.41) is 0. The van der Waals surface area contributed by atoms with E-state index in [0.717, 1.165) is 55.4 Å². The standard InChI is InChI=1S/C26H31N5/c1-5-31(24-11-7-6-8-12-24)21(3)23-10-9-17-30(19-23)26-28-25(18-20(2)29(26)4)22-13-15-27-16-14-22/h6-8,11-16,18,23H,2-3,5,9-10,17,19H2,1,4H3. The summed E-state index contributed by atoms with van der Waals surface area (Å²) in [4.78, 5) is 16.0. The molecule has 1 atom stereocenters. The van der Waals surface area contributed by atoms with Gasteiger partial charge in [0.2, 0.25) is 5.96 Å². The number of piperidine rings is 1. The predicted octanol–water partition coefficient (Wildman–Crippen LogP) is 4.99. The maximum Gasteiger partial charge on any atom is 0.206 e. The fourth-order valence-corrected chi connectivity index (χ4v) is 4.36. The number of allylic oxidation sites excluding steroid dienone is 1. The zero-order valence-corrected chi connectivity index (χ0v) is 18.5. The third-order valence-electron chi connectivity index (χ3n) is 6.14. The van der Waals surface area contributed by atoms with E-state index in [-0.39, 0.29) is 0 Å². The number of guanidine groups is 1. The molecule has 1 aromatic carbocycles. The van der Waals surface area contributed by atoms with Gasteiger partial charge in [0, 0.05) is 67.6 Å². The molecule has 1 fully saturated rings. The van der Waals surface area contributed by atoms with Crippen molar-refractivity contribution in [2.75, 3.05) is 31.6 Å². The van der Waals surface area contributed by atoms with Crippen LogP contribution in [0.4, 0.5) is 5.69 Å². The van der Waals surface area contributed by atoms with Crippen molar-refractivity contribution >= 4 is 17.3 Å². The van der Waals surface area contributed by atoms with Crippen molar-refractivity contribution in [1.82, 2.24) is 14.8 Å². The van der Waals surface area contributed by atoms with Crippen molar-refractivity contribution in [2.45, 2.75) is 19.8 Å². The number of hydrogen-bond donors (Lipinski definition) is 0. The molecule has 0 saturated carbocycles. The fourth-order valence-electron chi connectivity index (χ4n) is 4.36. The van der Waals surface area contributed by atoms with Gasteiger partial charge in [-0.1, -0.05) is 31.4 Å². The zero-order valence-electron chi connectivity index (χ0n) is 18.5. The summed E-state index contributed by atoms with van der Waals surface area (Å²) < 4.78 is 0. The number of rotatable bonds is 5. The summed E-state index contributed by atoms with van der Waals surface area (Å²) in [6.07, 6.45) is 7.90. The third kappa shape index (κ3) is 4.41. The molecule has 2 aliphatic heterocycles. The molecule has 2 aromatic rings. The molecule has 160 valence electrons. The van der Waals surface area contributed by atoms with Crippen molar-refractivity contribution in [1.29, 1.82) is 0 Å². The number of pyridine rings is 1. The maximum absolute atomic E-state index is 5.02. The number of likely N-dealkylation sites (N-methyl/N-ethyl adjacent to an activating group) is 1. The van der Waals surface area contributed by atoms with Crippen molar-refractivity contribution in [3.8, 4) is 0 Å². The second-order valence-corrected chi connectivity index (χ2v) is 8.08. The van der Waals surface area contributed by atoms with Crippen LogP contribution >= 0.6 is 0 Å². The highest BCUT2D eigenvalue weighted by molar-refractivity contribution is 5.91. The topological polar surface area (TPSA) is 35.0 Å². The van der Waals surface area contributed by atoms with Gasteiger partial charge in [-0.15, -0.1) is 0 Å². The molecule has 31 heavy (non-hydrogen) atoms. The Hall–Kier alpha value is -3.34. The molecule has 0 N–H and O–H groups in total. The smallest absolute Gasteiger partial charge is 0.206 e. The molecular formula is C26H31N5. The van der Waals surface area contributed by atoms with Crippen LogP contribution in [0.15, 0.2) is 90.5 Å². The van der Waals surface area contributed by atoms with Gasteiger partial charge in [0.05, 0.1) is 5.70 Å². The van der Waals surface area contributed by atoms with E-state index >= 15 is 0 Å². The average molecular weight is 414 g/mol. The van der Waals surface area contributed by atoms with E-state index in [0.29, 0.717) is 5.92 Å². The Morgan fingerprint density at radius 2 is 1.90 bits per heavy atom. The molecular weight excluding hydrogens is 382 g/mol. The van der Waals surface area contributed by atoms with E-state index in [1.807, 2.05) is 25.3 Å². The molecule has 0 aliphatic carbocycles. The number of aromatic nitrogens is 1. The quantitative estimate of drug-likeness (QED) is 0.692. The van der Waals surface area contributed by atoms with Crippen molar-refractivity contribution in [3.63, 3.8) is 0 Å². The Kier molecular flexibility index (Phi) is 6.21. The van der Waals surface area contributed by atoms with Crippen LogP contribution in [0.25, 0.3) is 5.70 Å². The highest BCUT2D eigenvalue weighted by Gasteiger charge is 2.30. The molecule has 0 amide bonds. The maximum atomic E-state index is 5.02. The minimum absolute atomic E-state index is 0.383. The number of nitrogens with zero attached hydrogens (tertiary/aromatic N) is 5. The van der Waals surface area contributed by atoms with Gasteiger partial charge in [-0.25, -0.2) is 4.99 Å². The molecule has 5 heteroatoms. The van der Waals surface area contributed by atoms with E-state index in [4.69, 9.17) is 4.99 Å². The number of hydrogen-bond acceptors (Lipinski definition) is 5. The summed E-state index contributed by atoms with van der Waals surface area (Å²) in [5.74, 6) is 1.34. The Labute approximate surface area is 185 Å². The van der Waals surface area contributed by atoms with Crippen LogP contribution in [-0.2, 0) is 0 Å². The van der Waals surface area contributed by atoms with E-state index < -0.39 is 0 Å². The summed E-state index contributed by atoms with van der Waals surface area (Å²) in [5.41, 5.74) is 5.32. The van der Waals surface area contributed by atoms with Crippen LogP contribution in [0.1, 0.15) is 25.3 Å². The second-order valence-electron chi connectivity index (χ2n) is 8.08. The summed E-state index contributed by atoms with van der Waals surface area (Å²) in [6, 6.07) is 14.5. The fraction of sp³-hybridized carbons (Fsp3) is 0.308. The number of benzene rings is 1. The first-order chi connectivity index (χ1) is 15.1. The predicted molar refractivity (Wildman–Crippen MR) is 129 cm³/mol. The van der Waals surface area contributed by atoms with Crippen LogP contribution in [-0.4, -0.2) is 47.4 Å². The van der Waals surface area contributed by atoms with Gasteiger partial charge in [-0.3, -0.25) is 4.98 Å². The lowest BCUT2D eigenvalue weighted by atomic mass is 9.94. The zero-order chi connectivity index (χ0) is 21.8. The first-order valence-corrected chi connectivity index (χ1v) is 11.0. The van der Waals surface area contributed by atoms with Crippen molar-refractivity contribution in [3.05, 3.63) is 91.0 Å². The SMILES string of the molecule is C=C1C=C(c2ccncc2)N=C(N2CCCC(C(=C)N(CC)c3ccccc3)C2)N1C. The highest BCUT2D eigenvalue weighted by atomic mass is 15.4. The lowest BCUT2D eigenvalue weighted by Gasteiger charge is -2.41. The molecule has 5 nitrogen and oxygen atoms in total. The molecule has 4 rings (SSSR count). The third-order valence-corrected chi connectivity index (χ3v) is 6.14. The Bertz CT molecular complexity index is 993. The van der Waals surface area contributed by atoms with Gasteiger partial charge in [0.15, 0.2) is 0 Å². The van der Waals surface area contributed by atoms with Crippen molar-refractivity contribution < 1.29 is 0 Å². The Morgan fingerprint density at radius 1 is 1.16 bits per heavy atom. The molecule has 1 unspecified atom stereocenters. The van der Waals surface area contributed by atoms with Crippen LogP contribution in [0, 0.1) is 5.92 Å². The molecule has 0 bridgehead atoms. The lowest BCUT2D eigenvalue weighted by molar-refractivity contribution is 0.260. The molecule has 2 aliphatic rings. The number of para-hydroxylation sites is 1. The largest absolute Gasteiger partial charge is 0.346 e.